The van der Waals surface area contributed by atoms with E-state index in [0.29, 0.717) is 39.9 Å². The number of carbonyl (C=O) groups excluding carboxylic acids is 3. The Labute approximate surface area is 172 Å². The lowest BCUT2D eigenvalue weighted by Gasteiger charge is -2.25. The van der Waals surface area contributed by atoms with Crippen LogP contribution in [0, 0.1) is 5.82 Å². The van der Waals surface area contributed by atoms with Gasteiger partial charge in [0.25, 0.3) is 5.91 Å². The van der Waals surface area contributed by atoms with Gasteiger partial charge in [0.05, 0.1) is 5.56 Å². The maximum atomic E-state index is 13.2. The van der Waals surface area contributed by atoms with Crippen LogP contribution in [-0.4, -0.2) is 17.7 Å². The first-order chi connectivity index (χ1) is 14.4. The second kappa shape index (κ2) is 7.91. The number of halogens is 1. The van der Waals surface area contributed by atoms with E-state index in [1.54, 1.807) is 54.6 Å². The van der Waals surface area contributed by atoms with Gasteiger partial charge in [-0.1, -0.05) is 12.1 Å². The number of Topliss-reactive ketones (excluding diaryl/α,β-unsaturated/α-hetero) is 1. The van der Waals surface area contributed by atoms with Gasteiger partial charge in [-0.3, -0.25) is 9.59 Å². The van der Waals surface area contributed by atoms with Gasteiger partial charge >= 0.3 is 5.97 Å². The lowest BCUT2D eigenvalue weighted by atomic mass is 9.93. The number of fused-ring (bicyclic) bond motifs is 1. The molecule has 0 aliphatic carbocycles. The molecule has 6 heteroatoms. The van der Waals surface area contributed by atoms with Gasteiger partial charge in [-0.05, 0) is 72.6 Å². The zero-order valence-electron chi connectivity index (χ0n) is 16.1. The minimum Gasteiger partial charge on any atom is -0.454 e. The van der Waals surface area contributed by atoms with Crippen LogP contribution in [0.4, 0.5) is 10.1 Å². The van der Waals surface area contributed by atoms with Crippen LogP contribution >= 0.6 is 0 Å². The summed E-state index contributed by atoms with van der Waals surface area (Å²) in [6, 6.07) is 17.2. The van der Waals surface area contributed by atoms with Gasteiger partial charge in [0.1, 0.15) is 11.9 Å². The molecule has 0 aromatic heterocycles. The molecule has 0 saturated carbocycles. The molecule has 3 aromatic carbocycles. The molecule has 4 rings (SSSR count). The largest absolute Gasteiger partial charge is 0.454 e. The monoisotopic (exact) mass is 403 g/mol. The molecule has 1 amide bonds. The zero-order valence-corrected chi connectivity index (χ0v) is 16.1. The molecule has 3 aromatic rings. The van der Waals surface area contributed by atoms with Crippen molar-refractivity contribution in [3.8, 4) is 0 Å². The third kappa shape index (κ3) is 3.98. The first-order valence-electron chi connectivity index (χ1n) is 9.42. The van der Waals surface area contributed by atoms with Crippen LogP contribution in [0.3, 0.4) is 0 Å². The third-order valence-electron chi connectivity index (χ3n) is 5.03. The van der Waals surface area contributed by atoms with Crippen LogP contribution in [0.5, 0.6) is 0 Å². The van der Waals surface area contributed by atoms with Crippen molar-refractivity contribution in [2.45, 2.75) is 19.4 Å². The number of ketones is 1. The molecule has 0 unspecified atom stereocenters. The average Bonchev–Trinajstić information content (AvgIpc) is 2.74. The molecule has 1 heterocycles. The Balaban J connectivity index is 1.54. The summed E-state index contributed by atoms with van der Waals surface area (Å²) in [4.78, 5) is 36.4. The van der Waals surface area contributed by atoms with E-state index in [1.165, 1.54) is 19.1 Å². The van der Waals surface area contributed by atoms with E-state index in [4.69, 9.17) is 4.74 Å². The summed E-state index contributed by atoms with van der Waals surface area (Å²) in [7, 11) is 0. The van der Waals surface area contributed by atoms with Gasteiger partial charge in [-0.25, -0.2) is 9.18 Å². The fourth-order valence-electron chi connectivity index (χ4n) is 3.39. The fraction of sp³-hybridized carbons (Fsp3) is 0.125. The number of amides is 1. The number of nitrogens with one attached hydrogen (secondary N) is 1. The third-order valence-corrected chi connectivity index (χ3v) is 5.03. The van der Waals surface area contributed by atoms with Crippen LogP contribution in [0.25, 0.3) is 0 Å². The molecule has 30 heavy (non-hydrogen) atoms. The molecule has 1 aliphatic rings. The van der Waals surface area contributed by atoms with Crippen molar-refractivity contribution in [1.82, 2.24) is 0 Å². The predicted molar refractivity (Wildman–Crippen MR) is 109 cm³/mol. The Bertz CT molecular complexity index is 1140. The quantitative estimate of drug-likeness (QED) is 0.505. The van der Waals surface area contributed by atoms with Crippen molar-refractivity contribution in [2.24, 2.45) is 0 Å². The van der Waals surface area contributed by atoms with Crippen LogP contribution < -0.4 is 5.32 Å². The number of hydrogen-bond acceptors (Lipinski definition) is 4. The highest BCUT2D eigenvalue weighted by molar-refractivity contribution is 6.05. The number of cyclic esters (lactones) is 1. The average molecular weight is 403 g/mol. The highest BCUT2D eigenvalue weighted by Crippen LogP contribution is 2.31. The van der Waals surface area contributed by atoms with Crippen LogP contribution in [0.15, 0.2) is 66.7 Å². The Morgan fingerprint density at radius 1 is 0.967 bits per heavy atom. The number of hydrogen-bond donors (Lipinski definition) is 1. The minimum atomic E-state index is -0.539. The van der Waals surface area contributed by atoms with E-state index in [-0.39, 0.29) is 17.5 Å². The molecule has 1 N–H and O–H groups in total. The minimum absolute atomic E-state index is 0.0508. The van der Waals surface area contributed by atoms with Gasteiger partial charge in [-0.2, -0.15) is 0 Å². The van der Waals surface area contributed by atoms with E-state index in [2.05, 4.69) is 5.32 Å². The van der Waals surface area contributed by atoms with Crippen molar-refractivity contribution in [3.05, 3.63) is 100 Å². The Morgan fingerprint density at radius 3 is 2.30 bits per heavy atom. The molecule has 0 spiro atoms. The van der Waals surface area contributed by atoms with E-state index < -0.39 is 12.1 Å². The molecule has 5 nitrogen and oxygen atoms in total. The number of benzene rings is 3. The summed E-state index contributed by atoms with van der Waals surface area (Å²) >= 11 is 0. The molecule has 0 saturated heterocycles. The molecular weight excluding hydrogens is 385 g/mol. The number of ether oxygens (including phenoxy) is 1. The second-order valence-electron chi connectivity index (χ2n) is 7.11. The Hall–Kier alpha value is -3.80. The summed E-state index contributed by atoms with van der Waals surface area (Å²) in [5.74, 6) is -1.22. The van der Waals surface area contributed by atoms with E-state index in [1.807, 2.05) is 0 Å². The summed E-state index contributed by atoms with van der Waals surface area (Å²) in [5, 5.41) is 2.78. The summed E-state index contributed by atoms with van der Waals surface area (Å²) < 4.78 is 18.7. The van der Waals surface area contributed by atoms with Crippen molar-refractivity contribution in [1.29, 1.82) is 0 Å². The van der Waals surface area contributed by atoms with Crippen molar-refractivity contribution in [3.63, 3.8) is 0 Å². The number of anilines is 1. The lowest BCUT2D eigenvalue weighted by Crippen LogP contribution is -2.23. The summed E-state index contributed by atoms with van der Waals surface area (Å²) in [6.07, 6.45) is -0.149. The van der Waals surface area contributed by atoms with Crippen LogP contribution in [0.2, 0.25) is 0 Å². The smallest absolute Gasteiger partial charge is 0.339 e. The normalized spacial score (nSPS) is 15.1. The number of rotatable bonds is 4. The number of esters is 1. The molecule has 150 valence electrons. The lowest BCUT2D eigenvalue weighted by molar-refractivity contribution is 0.0252. The van der Waals surface area contributed by atoms with Crippen molar-refractivity contribution in [2.75, 3.05) is 5.32 Å². The summed E-state index contributed by atoms with van der Waals surface area (Å²) in [6.45, 7) is 1.48. The molecule has 1 aliphatic heterocycles. The Kier molecular flexibility index (Phi) is 5.14. The fourth-order valence-corrected chi connectivity index (χ4v) is 3.39. The highest BCUT2D eigenvalue weighted by Gasteiger charge is 2.28. The molecule has 1 atom stereocenters. The van der Waals surface area contributed by atoms with Crippen LogP contribution in [0.1, 0.15) is 55.2 Å². The van der Waals surface area contributed by atoms with Gasteiger partial charge < -0.3 is 10.1 Å². The van der Waals surface area contributed by atoms with E-state index in [9.17, 15) is 18.8 Å². The zero-order chi connectivity index (χ0) is 21.3. The van der Waals surface area contributed by atoms with Gasteiger partial charge in [0, 0.05) is 23.2 Å². The number of carbonyl (C=O) groups is 3. The SMILES string of the molecule is CC(=O)c1ccc(NC(=O)c2ccc3c(c2)C[C@@H](c2ccc(F)cc2)OC3=O)cc1. The Morgan fingerprint density at radius 2 is 1.63 bits per heavy atom. The first-order valence-corrected chi connectivity index (χ1v) is 9.42. The standard InChI is InChI=1S/C24H18FNO4/c1-14(27)15-4-9-20(10-5-15)26-23(28)17-6-11-21-18(12-17)13-22(30-24(21)29)16-2-7-19(25)8-3-16/h2-12,22H,13H2,1H3,(H,26,28)/t22-/m0/s1. The van der Waals surface area contributed by atoms with E-state index in [0.717, 1.165) is 0 Å². The second-order valence-corrected chi connectivity index (χ2v) is 7.11. The molecule has 0 bridgehead atoms. The summed E-state index contributed by atoms with van der Waals surface area (Å²) in [5.41, 5.74) is 3.32. The first kappa shape index (κ1) is 19.5. The van der Waals surface area contributed by atoms with Gasteiger partial charge in [0.2, 0.25) is 0 Å². The van der Waals surface area contributed by atoms with Crippen LogP contribution in [-0.2, 0) is 11.2 Å². The van der Waals surface area contributed by atoms with E-state index >= 15 is 0 Å². The van der Waals surface area contributed by atoms with Gasteiger partial charge in [-0.15, -0.1) is 0 Å². The maximum absolute atomic E-state index is 13.2. The predicted octanol–water partition coefficient (Wildman–Crippen LogP) is 4.73. The van der Waals surface area contributed by atoms with Crippen molar-refractivity contribution >= 4 is 23.3 Å². The molecule has 0 fully saturated rings. The van der Waals surface area contributed by atoms with Gasteiger partial charge in [0.15, 0.2) is 5.78 Å². The molecule has 0 radical (unpaired) electrons. The topological polar surface area (TPSA) is 72.5 Å². The molecular formula is C24H18FNO4. The highest BCUT2D eigenvalue weighted by atomic mass is 19.1. The van der Waals surface area contributed by atoms with Crippen molar-refractivity contribution < 1.29 is 23.5 Å². The maximum Gasteiger partial charge on any atom is 0.339 e.